The molecule has 3 nitrogen and oxygen atoms in total. The van der Waals surface area contributed by atoms with Crippen molar-refractivity contribution in [1.29, 1.82) is 0 Å². The number of rotatable bonds is 3. The van der Waals surface area contributed by atoms with Crippen LogP contribution in [0.15, 0.2) is 0 Å². The van der Waals surface area contributed by atoms with Gasteiger partial charge in [-0.1, -0.05) is 0 Å². The molecule has 1 heterocycles. The summed E-state index contributed by atoms with van der Waals surface area (Å²) in [5.41, 5.74) is 0. The van der Waals surface area contributed by atoms with Gasteiger partial charge in [0.15, 0.2) is 0 Å². The molecule has 1 unspecified atom stereocenters. The quantitative estimate of drug-likeness (QED) is 0.544. The van der Waals surface area contributed by atoms with E-state index < -0.39 is 0 Å². The molecule has 1 fully saturated rings. The summed E-state index contributed by atoms with van der Waals surface area (Å²) in [5.74, 6) is 0. The van der Waals surface area contributed by atoms with Crippen molar-refractivity contribution >= 4 is 0 Å². The summed E-state index contributed by atoms with van der Waals surface area (Å²) in [5, 5.41) is 6.38. The second kappa shape index (κ2) is 4.66. The van der Waals surface area contributed by atoms with Gasteiger partial charge >= 0.3 is 0 Å². The van der Waals surface area contributed by atoms with Gasteiger partial charge in [-0.05, 0) is 19.9 Å². The summed E-state index contributed by atoms with van der Waals surface area (Å²) in [6, 6.07) is 0.571. The molecule has 0 bridgehead atoms. The molecular weight excluding hydrogens is 128 g/mol. The van der Waals surface area contributed by atoms with E-state index in [1.54, 1.807) is 0 Å². The van der Waals surface area contributed by atoms with Crippen LogP contribution in [-0.2, 0) is 4.74 Å². The summed E-state index contributed by atoms with van der Waals surface area (Å²) in [6.07, 6.45) is 2.45. The predicted octanol–water partition coefficient (Wildman–Crippen LogP) is -0.0681. The fourth-order valence-electron chi connectivity index (χ4n) is 1.15. The van der Waals surface area contributed by atoms with Crippen LogP contribution in [0.25, 0.3) is 0 Å². The SMILES string of the molecule is CNCNC1CCCOC1. The maximum Gasteiger partial charge on any atom is 0.0620 e. The highest BCUT2D eigenvalue weighted by atomic mass is 16.5. The summed E-state index contributed by atoms with van der Waals surface area (Å²) < 4.78 is 5.29. The van der Waals surface area contributed by atoms with Crippen LogP contribution in [0.1, 0.15) is 12.8 Å². The summed E-state index contributed by atoms with van der Waals surface area (Å²) in [7, 11) is 1.94. The van der Waals surface area contributed by atoms with Gasteiger partial charge in [0.05, 0.1) is 6.61 Å². The van der Waals surface area contributed by atoms with Gasteiger partial charge in [-0.3, -0.25) is 5.32 Å². The highest BCUT2D eigenvalue weighted by Gasteiger charge is 2.11. The van der Waals surface area contributed by atoms with Crippen molar-refractivity contribution in [2.75, 3.05) is 26.9 Å². The van der Waals surface area contributed by atoms with Crippen LogP contribution in [0.2, 0.25) is 0 Å². The zero-order valence-corrected chi connectivity index (χ0v) is 6.52. The van der Waals surface area contributed by atoms with Gasteiger partial charge in [0, 0.05) is 19.3 Å². The molecule has 0 aliphatic carbocycles. The first-order valence-electron chi connectivity index (χ1n) is 3.89. The van der Waals surface area contributed by atoms with Gasteiger partial charge in [0.25, 0.3) is 0 Å². The van der Waals surface area contributed by atoms with Crippen molar-refractivity contribution in [3.63, 3.8) is 0 Å². The largest absolute Gasteiger partial charge is 0.380 e. The van der Waals surface area contributed by atoms with Crippen molar-refractivity contribution in [2.45, 2.75) is 18.9 Å². The number of hydrogen-bond acceptors (Lipinski definition) is 3. The second-order valence-electron chi connectivity index (χ2n) is 2.65. The van der Waals surface area contributed by atoms with Crippen molar-refractivity contribution in [1.82, 2.24) is 10.6 Å². The van der Waals surface area contributed by atoms with Gasteiger partial charge in [-0.2, -0.15) is 0 Å². The molecule has 1 rings (SSSR count). The summed E-state index contributed by atoms with van der Waals surface area (Å²) >= 11 is 0. The highest BCUT2D eigenvalue weighted by molar-refractivity contribution is 4.68. The average molecular weight is 144 g/mol. The van der Waals surface area contributed by atoms with Crippen molar-refractivity contribution in [2.24, 2.45) is 0 Å². The molecule has 0 saturated carbocycles. The lowest BCUT2D eigenvalue weighted by Crippen LogP contribution is -2.40. The molecule has 0 aromatic heterocycles. The van der Waals surface area contributed by atoms with Crippen LogP contribution >= 0.6 is 0 Å². The Hall–Kier alpha value is -0.120. The number of nitrogens with one attached hydrogen (secondary N) is 2. The second-order valence-corrected chi connectivity index (χ2v) is 2.65. The van der Waals surface area contributed by atoms with Crippen LogP contribution in [0.3, 0.4) is 0 Å². The smallest absolute Gasteiger partial charge is 0.0620 e. The number of hydrogen-bond donors (Lipinski definition) is 2. The lowest BCUT2D eigenvalue weighted by atomic mass is 10.1. The van der Waals surface area contributed by atoms with Crippen LogP contribution in [0, 0.1) is 0 Å². The minimum absolute atomic E-state index is 0.571. The van der Waals surface area contributed by atoms with Gasteiger partial charge < -0.3 is 10.1 Å². The Bertz CT molecular complexity index is 81.7. The third-order valence-corrected chi connectivity index (χ3v) is 1.73. The van der Waals surface area contributed by atoms with Crippen molar-refractivity contribution in [3.05, 3.63) is 0 Å². The van der Waals surface area contributed by atoms with Crippen LogP contribution in [0.5, 0.6) is 0 Å². The Labute approximate surface area is 62.1 Å². The van der Waals surface area contributed by atoms with E-state index in [9.17, 15) is 0 Å². The molecule has 1 aliphatic rings. The Morgan fingerprint density at radius 3 is 3.10 bits per heavy atom. The maximum atomic E-state index is 5.29. The van der Waals surface area contributed by atoms with E-state index in [1.165, 1.54) is 12.8 Å². The van der Waals surface area contributed by atoms with E-state index in [4.69, 9.17) is 4.74 Å². The van der Waals surface area contributed by atoms with Gasteiger partial charge in [0.1, 0.15) is 0 Å². The van der Waals surface area contributed by atoms with E-state index in [0.29, 0.717) is 6.04 Å². The Kier molecular flexibility index (Phi) is 3.72. The van der Waals surface area contributed by atoms with Gasteiger partial charge in [-0.15, -0.1) is 0 Å². The highest BCUT2D eigenvalue weighted by Crippen LogP contribution is 2.04. The lowest BCUT2D eigenvalue weighted by Gasteiger charge is -2.22. The van der Waals surface area contributed by atoms with Crippen molar-refractivity contribution in [3.8, 4) is 0 Å². The first-order chi connectivity index (χ1) is 4.93. The van der Waals surface area contributed by atoms with E-state index in [1.807, 2.05) is 7.05 Å². The molecule has 3 heteroatoms. The third kappa shape index (κ3) is 2.64. The first-order valence-corrected chi connectivity index (χ1v) is 3.89. The van der Waals surface area contributed by atoms with Gasteiger partial charge in [-0.25, -0.2) is 0 Å². The fraction of sp³-hybridized carbons (Fsp3) is 1.00. The zero-order chi connectivity index (χ0) is 7.23. The van der Waals surface area contributed by atoms with Crippen LogP contribution in [-0.4, -0.2) is 33.0 Å². The molecule has 1 aliphatic heterocycles. The molecular formula is C7H16N2O. The third-order valence-electron chi connectivity index (χ3n) is 1.73. The molecule has 0 spiro atoms. The average Bonchev–Trinajstić information content (AvgIpc) is 2.03. The molecule has 0 aromatic carbocycles. The standard InChI is InChI=1S/C7H16N2O/c1-8-6-9-7-3-2-4-10-5-7/h7-9H,2-6H2,1H3. The maximum absolute atomic E-state index is 5.29. The zero-order valence-electron chi connectivity index (χ0n) is 6.52. The topological polar surface area (TPSA) is 33.3 Å². The number of ether oxygens (including phenoxy) is 1. The first kappa shape index (κ1) is 7.98. The Morgan fingerprint density at radius 2 is 2.50 bits per heavy atom. The minimum Gasteiger partial charge on any atom is -0.380 e. The van der Waals surface area contributed by atoms with E-state index in [0.717, 1.165) is 19.9 Å². The molecule has 1 atom stereocenters. The predicted molar refractivity (Wildman–Crippen MR) is 40.9 cm³/mol. The Balaban J connectivity index is 2.02. The van der Waals surface area contributed by atoms with E-state index in [2.05, 4.69) is 10.6 Å². The summed E-state index contributed by atoms with van der Waals surface area (Å²) in [6.45, 7) is 2.70. The monoisotopic (exact) mass is 144 g/mol. The molecule has 0 radical (unpaired) electrons. The Morgan fingerprint density at radius 1 is 1.60 bits per heavy atom. The summed E-state index contributed by atoms with van der Waals surface area (Å²) in [4.78, 5) is 0. The molecule has 0 aromatic rings. The molecule has 0 amide bonds. The molecule has 10 heavy (non-hydrogen) atoms. The van der Waals surface area contributed by atoms with E-state index >= 15 is 0 Å². The van der Waals surface area contributed by atoms with Crippen LogP contribution < -0.4 is 10.6 Å². The molecule has 2 N–H and O–H groups in total. The van der Waals surface area contributed by atoms with Gasteiger partial charge in [0.2, 0.25) is 0 Å². The van der Waals surface area contributed by atoms with E-state index in [-0.39, 0.29) is 0 Å². The van der Waals surface area contributed by atoms with Crippen LogP contribution in [0.4, 0.5) is 0 Å². The normalized spacial score (nSPS) is 26.7. The molecule has 60 valence electrons. The molecule has 1 saturated heterocycles. The van der Waals surface area contributed by atoms with Crippen molar-refractivity contribution < 1.29 is 4.74 Å². The minimum atomic E-state index is 0.571. The lowest BCUT2D eigenvalue weighted by molar-refractivity contribution is 0.0701. The fourth-order valence-corrected chi connectivity index (χ4v) is 1.15.